The first-order chi connectivity index (χ1) is 16.9. The van der Waals surface area contributed by atoms with Crippen molar-refractivity contribution in [2.75, 3.05) is 12.9 Å². The molecule has 0 radical (unpaired) electrons. The van der Waals surface area contributed by atoms with Crippen molar-refractivity contribution >= 4 is 35.5 Å². The van der Waals surface area contributed by atoms with E-state index in [1.807, 2.05) is 41.0 Å². The molecular formula is C24H20ClN5O4S. The van der Waals surface area contributed by atoms with Gasteiger partial charge < -0.3 is 14.9 Å². The van der Waals surface area contributed by atoms with Crippen molar-refractivity contribution < 1.29 is 24.3 Å². The number of phenolic OH excluding ortho intramolecular Hbond substituents is 1. The number of nitrogens with one attached hydrogen (secondary N) is 2. The summed E-state index contributed by atoms with van der Waals surface area (Å²) in [6.07, 6.45) is 1.23. The standard InChI is InChI=1S/C24H20ClN5O4S/c1-34-20-10-3-15(4-11-20)23-28-29-24(30(23)18-7-5-17(25)6-8-18)35-14-22(33)27-26-13-16-2-9-19(31)12-21(16)32/h2-13H,14H2,1H3,(H3,26,27,31,32,33). The number of carbonyl (C=O) groups excluding carboxylic acids is 1. The van der Waals surface area contributed by atoms with Crippen molar-refractivity contribution in [3.63, 3.8) is 0 Å². The summed E-state index contributed by atoms with van der Waals surface area (Å²) >= 11 is 7.28. The zero-order chi connectivity index (χ0) is 24.8. The minimum absolute atomic E-state index is 0.0254. The Labute approximate surface area is 210 Å². The maximum Gasteiger partial charge on any atom is 0.342 e. The highest BCUT2D eigenvalue weighted by atomic mass is 35.5. The summed E-state index contributed by atoms with van der Waals surface area (Å²) in [5, 5.41) is 33.5. The van der Waals surface area contributed by atoms with Gasteiger partial charge >= 0.3 is 5.16 Å². The molecule has 3 N–H and O–H groups in total. The topological polar surface area (TPSA) is 127 Å². The van der Waals surface area contributed by atoms with Crippen LogP contribution in [0, 0.1) is 0 Å². The number of carbonyl (C=O) groups is 1. The van der Waals surface area contributed by atoms with E-state index in [1.54, 1.807) is 19.2 Å². The quantitative estimate of drug-likeness (QED) is 0.145. The normalized spacial score (nSPS) is 11.0. The van der Waals surface area contributed by atoms with Gasteiger partial charge in [-0.2, -0.15) is 9.67 Å². The van der Waals surface area contributed by atoms with Gasteiger partial charge in [0.15, 0.2) is 0 Å². The number of hydrogen-bond acceptors (Lipinski definition) is 7. The van der Waals surface area contributed by atoms with E-state index in [0.29, 0.717) is 16.0 Å². The van der Waals surface area contributed by atoms with Crippen LogP contribution in [0.3, 0.4) is 0 Å². The SMILES string of the molecule is COc1ccc(-c2[nH]nc(SCC(=O)NN=Cc3ccc(O)cc3[O-])[n+]2-c2ccc(Cl)cc2)cc1. The van der Waals surface area contributed by atoms with E-state index in [4.69, 9.17) is 16.3 Å². The van der Waals surface area contributed by atoms with Gasteiger partial charge in [-0.25, -0.2) is 5.43 Å². The Balaban J connectivity index is 1.51. The van der Waals surface area contributed by atoms with Gasteiger partial charge in [-0.05, 0) is 78.0 Å². The second-order valence-corrected chi connectivity index (χ2v) is 8.58. The molecule has 11 heteroatoms. The molecular weight excluding hydrogens is 490 g/mol. The molecule has 4 rings (SSSR count). The molecule has 0 bridgehead atoms. The van der Waals surface area contributed by atoms with Gasteiger partial charge in [-0.15, -0.1) is 5.10 Å². The lowest BCUT2D eigenvalue weighted by atomic mass is 10.2. The number of benzene rings is 3. The lowest BCUT2D eigenvalue weighted by Crippen LogP contribution is -2.34. The largest absolute Gasteiger partial charge is 0.872 e. The second-order valence-electron chi connectivity index (χ2n) is 7.20. The van der Waals surface area contributed by atoms with E-state index in [1.165, 1.54) is 30.1 Å². The van der Waals surface area contributed by atoms with Crippen LogP contribution in [-0.4, -0.2) is 40.3 Å². The van der Waals surface area contributed by atoms with Crippen LogP contribution in [0.4, 0.5) is 0 Å². The molecule has 0 saturated heterocycles. The minimum atomic E-state index is -0.399. The Bertz CT molecular complexity index is 1360. The predicted molar refractivity (Wildman–Crippen MR) is 131 cm³/mol. The summed E-state index contributed by atoms with van der Waals surface area (Å²) in [5.41, 5.74) is 4.32. The summed E-state index contributed by atoms with van der Waals surface area (Å²) < 4.78 is 7.13. The van der Waals surface area contributed by atoms with Gasteiger partial charge in [0.2, 0.25) is 0 Å². The summed E-state index contributed by atoms with van der Waals surface area (Å²) in [4.78, 5) is 12.3. The van der Waals surface area contributed by atoms with Crippen LogP contribution in [0.25, 0.3) is 17.1 Å². The first kappa shape index (κ1) is 24.1. The molecule has 178 valence electrons. The number of aromatic amines is 1. The highest BCUT2D eigenvalue weighted by Crippen LogP contribution is 2.23. The van der Waals surface area contributed by atoms with Crippen LogP contribution < -0.4 is 19.8 Å². The third-order valence-corrected chi connectivity index (χ3v) is 6.03. The molecule has 4 aromatic rings. The van der Waals surface area contributed by atoms with Crippen LogP contribution in [0.1, 0.15) is 5.56 Å². The number of nitrogens with zero attached hydrogens (tertiary/aromatic N) is 3. The van der Waals surface area contributed by atoms with Crippen molar-refractivity contribution in [2.45, 2.75) is 5.16 Å². The smallest absolute Gasteiger partial charge is 0.342 e. The number of aromatic nitrogens is 3. The maximum absolute atomic E-state index is 12.3. The number of thioether (sulfide) groups is 1. The number of aromatic hydroxyl groups is 1. The molecule has 0 aliphatic carbocycles. The average molecular weight is 510 g/mol. The number of ether oxygens (including phenoxy) is 1. The fourth-order valence-electron chi connectivity index (χ4n) is 3.13. The molecule has 3 aromatic carbocycles. The van der Waals surface area contributed by atoms with E-state index in [0.717, 1.165) is 23.1 Å². The summed E-state index contributed by atoms with van der Waals surface area (Å²) in [7, 11) is 1.60. The van der Waals surface area contributed by atoms with Gasteiger partial charge in [0.05, 0.1) is 29.7 Å². The van der Waals surface area contributed by atoms with Crippen LogP contribution >= 0.6 is 23.4 Å². The summed E-state index contributed by atoms with van der Waals surface area (Å²) in [6, 6.07) is 18.6. The van der Waals surface area contributed by atoms with Crippen molar-refractivity contribution in [2.24, 2.45) is 5.10 Å². The van der Waals surface area contributed by atoms with Gasteiger partial charge in [0.1, 0.15) is 17.2 Å². The fourth-order valence-corrected chi connectivity index (χ4v) is 4.02. The molecule has 1 amide bonds. The summed E-state index contributed by atoms with van der Waals surface area (Å²) in [6.45, 7) is 0. The Morgan fingerprint density at radius 1 is 1.23 bits per heavy atom. The first-order valence-electron chi connectivity index (χ1n) is 10.3. The average Bonchev–Trinajstić information content (AvgIpc) is 3.28. The molecule has 0 aliphatic rings. The number of hydrazone groups is 1. The molecule has 1 aromatic heterocycles. The van der Waals surface area contributed by atoms with Crippen LogP contribution in [0.15, 0.2) is 77.0 Å². The van der Waals surface area contributed by atoms with E-state index < -0.39 is 5.75 Å². The monoisotopic (exact) mass is 509 g/mol. The van der Waals surface area contributed by atoms with Gasteiger partial charge in [0, 0.05) is 5.02 Å². The predicted octanol–water partition coefficient (Wildman–Crippen LogP) is 3.04. The molecule has 0 spiro atoms. The highest BCUT2D eigenvalue weighted by molar-refractivity contribution is 7.99. The van der Waals surface area contributed by atoms with Gasteiger partial charge in [-0.3, -0.25) is 4.79 Å². The molecule has 0 atom stereocenters. The molecule has 1 heterocycles. The van der Waals surface area contributed by atoms with Gasteiger partial charge in [0.25, 0.3) is 11.7 Å². The molecule has 0 fully saturated rings. The number of phenols is 1. The number of methoxy groups -OCH3 is 1. The molecule has 35 heavy (non-hydrogen) atoms. The fraction of sp³-hybridized carbons (Fsp3) is 0.0833. The third kappa shape index (κ3) is 5.92. The molecule has 0 aliphatic heterocycles. The van der Waals surface area contributed by atoms with E-state index in [9.17, 15) is 15.0 Å². The van der Waals surface area contributed by atoms with Gasteiger partial charge in [-0.1, -0.05) is 23.4 Å². The Kier molecular flexibility index (Phi) is 7.54. The third-order valence-electron chi connectivity index (χ3n) is 4.84. The van der Waals surface area contributed by atoms with E-state index in [-0.39, 0.29) is 23.0 Å². The Hall–Kier alpha value is -4.02. The van der Waals surface area contributed by atoms with Crippen LogP contribution in [0.5, 0.6) is 17.2 Å². The van der Waals surface area contributed by atoms with Crippen molar-refractivity contribution in [3.8, 4) is 34.3 Å². The first-order valence-corrected chi connectivity index (χ1v) is 11.7. The number of amides is 1. The minimum Gasteiger partial charge on any atom is -0.872 e. The zero-order valence-electron chi connectivity index (χ0n) is 18.4. The maximum atomic E-state index is 12.3. The van der Waals surface area contributed by atoms with E-state index in [2.05, 4.69) is 20.7 Å². The molecule has 9 nitrogen and oxygen atoms in total. The van der Waals surface area contributed by atoms with E-state index >= 15 is 0 Å². The van der Waals surface area contributed by atoms with Crippen molar-refractivity contribution in [1.29, 1.82) is 0 Å². The second kappa shape index (κ2) is 10.9. The lowest BCUT2D eigenvalue weighted by molar-refractivity contribution is -0.625. The van der Waals surface area contributed by atoms with Crippen LogP contribution in [0.2, 0.25) is 5.02 Å². The Morgan fingerprint density at radius 2 is 1.97 bits per heavy atom. The summed E-state index contributed by atoms with van der Waals surface area (Å²) in [5.74, 6) is 0.561. The van der Waals surface area contributed by atoms with Crippen LogP contribution in [-0.2, 0) is 4.79 Å². The number of H-pyrrole nitrogens is 1. The highest BCUT2D eigenvalue weighted by Gasteiger charge is 2.24. The van der Waals surface area contributed by atoms with Crippen molar-refractivity contribution in [3.05, 3.63) is 77.3 Å². The van der Waals surface area contributed by atoms with Crippen molar-refractivity contribution in [1.82, 2.24) is 15.6 Å². The Morgan fingerprint density at radius 3 is 2.66 bits per heavy atom. The number of rotatable bonds is 8. The number of halogens is 1. The molecule has 0 unspecified atom stereocenters. The molecule has 0 saturated carbocycles. The lowest BCUT2D eigenvalue weighted by Gasteiger charge is -2.09. The number of hydrogen-bond donors (Lipinski definition) is 3. The zero-order valence-corrected chi connectivity index (χ0v) is 20.0.